The second-order valence-electron chi connectivity index (χ2n) is 3.22. The molecular weight excluding hydrogens is 216 g/mol. The molecule has 0 bridgehead atoms. The van der Waals surface area contributed by atoms with E-state index in [0.717, 1.165) is 5.56 Å². The Labute approximate surface area is 90.5 Å². The Hall–Kier alpha value is -1.27. The summed E-state index contributed by atoms with van der Waals surface area (Å²) in [4.78, 5) is 14.4. The van der Waals surface area contributed by atoms with Gasteiger partial charge in [0, 0.05) is 18.0 Å². The molecule has 2 rings (SSSR count). The number of nitrogens with zero attached hydrogens (tertiary/aromatic N) is 1. The molecule has 2 unspecified atom stereocenters. The van der Waals surface area contributed by atoms with Gasteiger partial charge in [0.1, 0.15) is 6.04 Å². The zero-order valence-corrected chi connectivity index (χ0v) is 8.57. The maximum absolute atomic E-state index is 10.7. The molecule has 1 aliphatic heterocycles. The van der Waals surface area contributed by atoms with Crippen molar-refractivity contribution < 1.29 is 15.0 Å². The van der Waals surface area contributed by atoms with Crippen LogP contribution in [-0.2, 0) is 4.79 Å². The van der Waals surface area contributed by atoms with Gasteiger partial charge in [-0.25, -0.2) is 4.98 Å². The van der Waals surface area contributed by atoms with E-state index >= 15 is 0 Å². The van der Waals surface area contributed by atoms with Crippen molar-refractivity contribution in [1.82, 2.24) is 10.3 Å². The molecule has 80 valence electrons. The van der Waals surface area contributed by atoms with Gasteiger partial charge in [0.2, 0.25) is 5.88 Å². The van der Waals surface area contributed by atoms with Gasteiger partial charge in [-0.15, -0.1) is 11.8 Å². The minimum atomic E-state index is -0.844. The van der Waals surface area contributed by atoms with Gasteiger partial charge in [-0.05, 0) is 11.6 Å². The van der Waals surface area contributed by atoms with Gasteiger partial charge in [-0.1, -0.05) is 0 Å². The fourth-order valence-electron chi connectivity index (χ4n) is 1.40. The van der Waals surface area contributed by atoms with Crippen LogP contribution in [0, 0.1) is 0 Å². The van der Waals surface area contributed by atoms with Crippen molar-refractivity contribution in [1.29, 1.82) is 0 Å². The number of nitrogens with one attached hydrogen (secondary N) is 1. The Kier molecular flexibility index (Phi) is 2.79. The molecule has 0 aliphatic carbocycles. The lowest BCUT2D eigenvalue weighted by Gasteiger charge is -2.10. The summed E-state index contributed by atoms with van der Waals surface area (Å²) >= 11 is 1.51. The summed E-state index contributed by atoms with van der Waals surface area (Å²) < 4.78 is 0. The lowest BCUT2D eigenvalue weighted by Crippen LogP contribution is -2.33. The average Bonchev–Trinajstić information content (AvgIpc) is 2.66. The van der Waals surface area contributed by atoms with Crippen LogP contribution in [-0.4, -0.2) is 33.0 Å². The van der Waals surface area contributed by atoms with E-state index in [-0.39, 0.29) is 11.3 Å². The van der Waals surface area contributed by atoms with E-state index in [9.17, 15) is 9.90 Å². The molecule has 6 heteroatoms. The first kappa shape index (κ1) is 10.3. The average molecular weight is 226 g/mol. The number of pyridine rings is 1. The van der Waals surface area contributed by atoms with E-state index in [1.54, 1.807) is 6.07 Å². The first-order chi connectivity index (χ1) is 7.16. The van der Waals surface area contributed by atoms with Crippen LogP contribution in [0.4, 0.5) is 0 Å². The van der Waals surface area contributed by atoms with Crippen molar-refractivity contribution in [2.24, 2.45) is 0 Å². The van der Waals surface area contributed by atoms with E-state index in [2.05, 4.69) is 10.3 Å². The second-order valence-corrected chi connectivity index (χ2v) is 4.36. The highest BCUT2D eigenvalue weighted by Crippen LogP contribution is 2.33. The Morgan fingerprint density at radius 3 is 3.07 bits per heavy atom. The quantitative estimate of drug-likeness (QED) is 0.684. The van der Waals surface area contributed by atoms with Crippen molar-refractivity contribution in [3.05, 3.63) is 23.9 Å². The number of hydrogen-bond donors (Lipinski definition) is 3. The van der Waals surface area contributed by atoms with Crippen molar-refractivity contribution in [3.63, 3.8) is 0 Å². The molecule has 0 spiro atoms. The first-order valence-electron chi connectivity index (χ1n) is 4.42. The fourth-order valence-corrected chi connectivity index (χ4v) is 2.63. The van der Waals surface area contributed by atoms with Crippen molar-refractivity contribution in [2.75, 3.05) is 5.75 Å². The SMILES string of the molecule is O=C(O)C1CSC(c2ccnc(O)c2)N1. The first-order valence-corrected chi connectivity index (χ1v) is 5.47. The maximum Gasteiger partial charge on any atom is 0.321 e. The van der Waals surface area contributed by atoms with Crippen LogP contribution in [0.2, 0.25) is 0 Å². The smallest absolute Gasteiger partial charge is 0.321 e. The topological polar surface area (TPSA) is 82.5 Å². The summed E-state index contributed by atoms with van der Waals surface area (Å²) in [7, 11) is 0. The molecule has 3 N–H and O–H groups in total. The number of hydrogen-bond acceptors (Lipinski definition) is 5. The molecule has 0 amide bonds. The number of aromatic hydroxyl groups is 1. The zero-order chi connectivity index (χ0) is 10.8. The minimum absolute atomic E-state index is 0.0475. The molecule has 5 nitrogen and oxygen atoms in total. The maximum atomic E-state index is 10.7. The molecule has 2 atom stereocenters. The highest BCUT2D eigenvalue weighted by atomic mass is 32.2. The molecule has 0 aromatic carbocycles. The lowest BCUT2D eigenvalue weighted by molar-refractivity contribution is -0.138. The molecule has 2 heterocycles. The van der Waals surface area contributed by atoms with Crippen molar-refractivity contribution in [3.8, 4) is 5.88 Å². The molecule has 15 heavy (non-hydrogen) atoms. The van der Waals surface area contributed by atoms with Crippen LogP contribution in [0.25, 0.3) is 0 Å². The monoisotopic (exact) mass is 226 g/mol. The standard InChI is InChI=1S/C9H10N2O3S/c12-7-3-5(1-2-10-7)8-11-6(4-15-8)9(13)14/h1-3,6,8,11H,4H2,(H,10,12)(H,13,14). The van der Waals surface area contributed by atoms with E-state index in [1.165, 1.54) is 24.0 Å². The van der Waals surface area contributed by atoms with Crippen LogP contribution >= 0.6 is 11.8 Å². The van der Waals surface area contributed by atoms with E-state index in [1.807, 2.05) is 0 Å². The van der Waals surface area contributed by atoms with Crippen LogP contribution in [0.15, 0.2) is 18.3 Å². The van der Waals surface area contributed by atoms with Crippen molar-refractivity contribution >= 4 is 17.7 Å². The van der Waals surface area contributed by atoms with Gasteiger partial charge in [-0.3, -0.25) is 10.1 Å². The predicted octanol–water partition coefficient (Wildman–Crippen LogP) is 0.575. The van der Waals surface area contributed by atoms with Crippen LogP contribution < -0.4 is 5.32 Å². The molecule has 0 radical (unpaired) electrons. The molecule has 1 aromatic heterocycles. The molecule has 1 aromatic rings. The van der Waals surface area contributed by atoms with Gasteiger partial charge in [0.15, 0.2) is 0 Å². The summed E-state index contributed by atoms with van der Waals surface area (Å²) in [5.74, 6) is -0.361. The van der Waals surface area contributed by atoms with Crippen LogP contribution in [0.5, 0.6) is 5.88 Å². The largest absolute Gasteiger partial charge is 0.493 e. The summed E-state index contributed by atoms with van der Waals surface area (Å²) in [5, 5.41) is 20.9. The Morgan fingerprint density at radius 1 is 1.67 bits per heavy atom. The van der Waals surface area contributed by atoms with Gasteiger partial charge < -0.3 is 10.2 Å². The number of carbonyl (C=O) groups is 1. The Morgan fingerprint density at radius 2 is 2.47 bits per heavy atom. The summed E-state index contributed by atoms with van der Waals surface area (Å²) in [6, 6.07) is 2.78. The van der Waals surface area contributed by atoms with Gasteiger partial charge in [-0.2, -0.15) is 0 Å². The number of carboxylic acids is 1. The normalized spacial score (nSPS) is 25.3. The molecular formula is C9H10N2O3S. The molecule has 1 aliphatic rings. The van der Waals surface area contributed by atoms with Gasteiger partial charge >= 0.3 is 5.97 Å². The van der Waals surface area contributed by atoms with Gasteiger partial charge in [0.05, 0.1) is 5.37 Å². The zero-order valence-electron chi connectivity index (χ0n) is 7.75. The fraction of sp³-hybridized carbons (Fsp3) is 0.333. The molecule has 1 fully saturated rings. The van der Waals surface area contributed by atoms with Crippen LogP contribution in [0.1, 0.15) is 10.9 Å². The van der Waals surface area contributed by atoms with Crippen molar-refractivity contribution in [2.45, 2.75) is 11.4 Å². The number of thioether (sulfide) groups is 1. The van der Waals surface area contributed by atoms with E-state index < -0.39 is 12.0 Å². The predicted molar refractivity (Wildman–Crippen MR) is 55.7 cm³/mol. The van der Waals surface area contributed by atoms with E-state index in [4.69, 9.17) is 5.11 Å². The number of rotatable bonds is 2. The van der Waals surface area contributed by atoms with Gasteiger partial charge in [0.25, 0.3) is 0 Å². The summed E-state index contributed by atoms with van der Waals surface area (Å²) in [5.41, 5.74) is 0.844. The van der Waals surface area contributed by atoms with Crippen LogP contribution in [0.3, 0.4) is 0 Å². The third-order valence-electron chi connectivity index (χ3n) is 2.15. The Balaban J connectivity index is 2.11. The second kappa shape index (κ2) is 4.08. The highest BCUT2D eigenvalue weighted by Gasteiger charge is 2.30. The number of aromatic nitrogens is 1. The number of carboxylic acid groups (broad SMARTS) is 1. The highest BCUT2D eigenvalue weighted by molar-refractivity contribution is 7.99. The number of aliphatic carboxylic acids is 1. The molecule has 1 saturated heterocycles. The summed E-state index contributed by atoms with van der Waals surface area (Å²) in [6.07, 6.45) is 1.50. The minimum Gasteiger partial charge on any atom is -0.493 e. The molecule has 0 saturated carbocycles. The van der Waals surface area contributed by atoms with E-state index in [0.29, 0.717) is 5.75 Å². The summed E-state index contributed by atoms with van der Waals surface area (Å²) in [6.45, 7) is 0. The third-order valence-corrected chi connectivity index (χ3v) is 3.42. The third kappa shape index (κ3) is 2.21. The Bertz CT molecular complexity index is 385. The lowest BCUT2D eigenvalue weighted by atomic mass is 10.2.